The monoisotopic (exact) mass is 417 g/mol. The number of hydrazone groups is 1. The number of benzene rings is 3. The third kappa shape index (κ3) is 3.18. The summed E-state index contributed by atoms with van der Waals surface area (Å²) in [6.45, 7) is 2.27. The average molecular weight is 417 g/mol. The number of hydrogen-bond donors (Lipinski definition) is 2. The minimum atomic E-state index is -1.01. The van der Waals surface area contributed by atoms with E-state index >= 15 is 0 Å². The number of ether oxygens (including phenoxy) is 1. The van der Waals surface area contributed by atoms with E-state index in [2.05, 4.69) is 0 Å². The molecule has 5 rings (SSSR count). The van der Waals surface area contributed by atoms with Crippen molar-refractivity contribution in [3.8, 4) is 5.75 Å². The zero-order chi connectivity index (χ0) is 21.7. The van der Waals surface area contributed by atoms with Gasteiger partial charge in [-0.25, -0.2) is 9.18 Å². The number of carbonyl (C=O) groups is 1. The van der Waals surface area contributed by atoms with E-state index < -0.39 is 5.97 Å². The van der Waals surface area contributed by atoms with Gasteiger partial charge in [-0.3, -0.25) is 5.01 Å². The molecule has 2 atom stereocenters. The summed E-state index contributed by atoms with van der Waals surface area (Å²) in [6.07, 6.45) is 0. The Morgan fingerprint density at radius 1 is 1.16 bits per heavy atom. The van der Waals surface area contributed by atoms with Crippen LogP contribution >= 0.6 is 0 Å². The van der Waals surface area contributed by atoms with Crippen LogP contribution < -0.4 is 15.5 Å². The fourth-order valence-corrected chi connectivity index (χ4v) is 4.22. The van der Waals surface area contributed by atoms with Gasteiger partial charge in [0.1, 0.15) is 11.6 Å². The van der Waals surface area contributed by atoms with Crippen molar-refractivity contribution in [1.82, 2.24) is 0 Å². The van der Waals surface area contributed by atoms with Crippen molar-refractivity contribution >= 4 is 23.1 Å². The molecule has 0 saturated heterocycles. The fraction of sp³-hybridized carbons (Fsp3) is 0.167. The molecule has 0 aliphatic carbocycles. The maximum atomic E-state index is 13.6. The molecule has 2 heterocycles. The number of carboxylic acid groups (broad SMARTS) is 1. The molecule has 2 aliphatic rings. The molecule has 2 unspecified atom stereocenters. The Hall–Kier alpha value is -3.87. The lowest BCUT2D eigenvalue weighted by molar-refractivity contribution is 0.0696. The molecule has 156 valence electrons. The van der Waals surface area contributed by atoms with Crippen molar-refractivity contribution in [2.75, 3.05) is 17.3 Å². The molecule has 0 aromatic heterocycles. The van der Waals surface area contributed by atoms with Gasteiger partial charge in [0, 0.05) is 11.3 Å². The highest BCUT2D eigenvalue weighted by Gasteiger charge is 2.43. The molecular formula is C24H20FN3O3. The molecular weight excluding hydrogens is 397 g/mol. The highest BCUT2D eigenvalue weighted by atomic mass is 19.1. The van der Waals surface area contributed by atoms with Crippen LogP contribution in [0.15, 0.2) is 65.8 Å². The fourth-order valence-electron chi connectivity index (χ4n) is 4.22. The van der Waals surface area contributed by atoms with Gasteiger partial charge in [-0.1, -0.05) is 12.1 Å². The minimum Gasteiger partial charge on any atom is -0.492 e. The Bertz CT molecular complexity index is 1220. The van der Waals surface area contributed by atoms with E-state index in [4.69, 9.17) is 15.6 Å². The second-order valence-electron chi connectivity index (χ2n) is 7.80. The van der Waals surface area contributed by atoms with E-state index in [0.29, 0.717) is 18.0 Å². The van der Waals surface area contributed by atoms with Crippen molar-refractivity contribution in [3.05, 3.63) is 88.7 Å². The zero-order valence-electron chi connectivity index (χ0n) is 16.7. The Balaban J connectivity index is 1.64. The molecule has 3 aromatic carbocycles. The number of fused-ring (bicyclic) bond motifs is 3. The molecule has 0 saturated carbocycles. The van der Waals surface area contributed by atoms with Crippen LogP contribution in [-0.4, -0.2) is 23.4 Å². The first kappa shape index (κ1) is 19.1. The first-order valence-corrected chi connectivity index (χ1v) is 9.92. The predicted octanol–water partition coefficient (Wildman–Crippen LogP) is 4.39. The first-order valence-electron chi connectivity index (χ1n) is 9.92. The Kier molecular flexibility index (Phi) is 4.39. The molecule has 0 spiro atoms. The number of aromatic carboxylic acids is 1. The number of nitrogens with two attached hydrogens (primary N) is 1. The van der Waals surface area contributed by atoms with E-state index in [1.165, 1.54) is 18.2 Å². The number of anilines is 2. The number of nitrogen functional groups attached to an aromatic ring is 1. The molecule has 0 fully saturated rings. The lowest BCUT2D eigenvalue weighted by atomic mass is 9.85. The van der Waals surface area contributed by atoms with Crippen molar-refractivity contribution in [2.24, 2.45) is 11.0 Å². The normalized spacial score (nSPS) is 19.3. The summed E-state index contributed by atoms with van der Waals surface area (Å²) in [7, 11) is 0. The second kappa shape index (κ2) is 7.12. The van der Waals surface area contributed by atoms with Crippen LogP contribution in [0.3, 0.4) is 0 Å². The smallest absolute Gasteiger partial charge is 0.335 e. The summed E-state index contributed by atoms with van der Waals surface area (Å²) < 4.78 is 19.6. The molecule has 7 heteroatoms. The third-order valence-corrected chi connectivity index (χ3v) is 5.86. The van der Waals surface area contributed by atoms with Crippen LogP contribution in [0.25, 0.3) is 0 Å². The molecule has 0 amide bonds. The summed E-state index contributed by atoms with van der Waals surface area (Å²) in [6, 6.07) is 16.8. The van der Waals surface area contributed by atoms with Gasteiger partial charge in [-0.15, -0.1) is 0 Å². The first-order chi connectivity index (χ1) is 14.9. The van der Waals surface area contributed by atoms with Gasteiger partial charge in [0.15, 0.2) is 0 Å². The van der Waals surface area contributed by atoms with Crippen molar-refractivity contribution in [1.29, 1.82) is 0 Å². The summed E-state index contributed by atoms with van der Waals surface area (Å²) in [4.78, 5) is 11.3. The number of carboxylic acids is 1. The van der Waals surface area contributed by atoms with Crippen LogP contribution in [0, 0.1) is 18.7 Å². The Labute approximate surface area is 178 Å². The number of rotatable bonds is 3. The standard InChI is InChI=1S/C24H20FN3O3/c1-13-10-17(7-9-20(13)26)28-23(14-2-5-16(25)6-3-14)19-12-31-21-11-15(24(29)30)4-8-18(21)22(19)27-28/h2-11,19,23H,12,26H2,1H3,(H,29,30). The van der Waals surface area contributed by atoms with E-state index in [-0.39, 0.29) is 23.3 Å². The third-order valence-electron chi connectivity index (χ3n) is 5.86. The van der Waals surface area contributed by atoms with Gasteiger partial charge in [0.05, 0.1) is 35.5 Å². The Morgan fingerprint density at radius 3 is 2.65 bits per heavy atom. The van der Waals surface area contributed by atoms with Crippen LogP contribution in [-0.2, 0) is 0 Å². The topological polar surface area (TPSA) is 88.2 Å². The van der Waals surface area contributed by atoms with E-state index in [0.717, 1.165) is 28.1 Å². The summed E-state index contributed by atoms with van der Waals surface area (Å²) in [5.74, 6) is -0.913. The van der Waals surface area contributed by atoms with Crippen molar-refractivity contribution < 1.29 is 19.0 Å². The van der Waals surface area contributed by atoms with Crippen LogP contribution in [0.2, 0.25) is 0 Å². The van der Waals surface area contributed by atoms with Gasteiger partial charge < -0.3 is 15.6 Å². The van der Waals surface area contributed by atoms with Crippen LogP contribution in [0.1, 0.15) is 33.1 Å². The summed E-state index contributed by atoms with van der Waals surface area (Å²) in [5.41, 5.74) is 11.2. The van der Waals surface area contributed by atoms with E-state index in [1.54, 1.807) is 24.3 Å². The predicted molar refractivity (Wildman–Crippen MR) is 116 cm³/mol. The maximum Gasteiger partial charge on any atom is 0.335 e. The Morgan fingerprint density at radius 2 is 1.94 bits per heavy atom. The second-order valence-corrected chi connectivity index (χ2v) is 7.80. The average Bonchev–Trinajstić information content (AvgIpc) is 3.15. The lowest BCUT2D eigenvalue weighted by Gasteiger charge is -2.31. The molecule has 31 heavy (non-hydrogen) atoms. The van der Waals surface area contributed by atoms with Crippen molar-refractivity contribution in [3.63, 3.8) is 0 Å². The van der Waals surface area contributed by atoms with E-state index in [1.807, 2.05) is 30.1 Å². The largest absolute Gasteiger partial charge is 0.492 e. The molecule has 3 aromatic rings. The zero-order valence-corrected chi connectivity index (χ0v) is 16.7. The summed E-state index contributed by atoms with van der Waals surface area (Å²) >= 11 is 0. The van der Waals surface area contributed by atoms with Gasteiger partial charge in [0.25, 0.3) is 0 Å². The van der Waals surface area contributed by atoms with Crippen LogP contribution in [0.5, 0.6) is 5.75 Å². The summed E-state index contributed by atoms with van der Waals surface area (Å²) in [5, 5.41) is 16.1. The highest BCUT2D eigenvalue weighted by molar-refractivity contribution is 6.08. The minimum absolute atomic E-state index is 0.105. The SMILES string of the molecule is Cc1cc(N2N=C3c4ccc(C(=O)O)cc4OCC3C2c2ccc(F)cc2)ccc1N. The quantitative estimate of drug-likeness (QED) is 0.617. The molecule has 6 nitrogen and oxygen atoms in total. The number of aryl methyl sites for hydroxylation is 1. The van der Waals surface area contributed by atoms with Crippen molar-refractivity contribution in [2.45, 2.75) is 13.0 Å². The van der Waals surface area contributed by atoms with E-state index in [9.17, 15) is 14.3 Å². The molecule has 0 radical (unpaired) electrons. The molecule has 2 aliphatic heterocycles. The maximum absolute atomic E-state index is 13.6. The van der Waals surface area contributed by atoms with Gasteiger partial charge >= 0.3 is 5.97 Å². The highest BCUT2D eigenvalue weighted by Crippen LogP contribution is 2.45. The number of nitrogens with zero attached hydrogens (tertiary/aromatic N) is 2. The number of halogens is 1. The lowest BCUT2D eigenvalue weighted by Crippen LogP contribution is -2.33. The van der Waals surface area contributed by atoms with Gasteiger partial charge in [-0.2, -0.15) is 5.10 Å². The molecule has 3 N–H and O–H groups in total. The van der Waals surface area contributed by atoms with Gasteiger partial charge in [-0.05, 0) is 66.6 Å². The number of hydrogen-bond acceptors (Lipinski definition) is 5. The molecule has 0 bridgehead atoms. The van der Waals surface area contributed by atoms with Gasteiger partial charge in [0.2, 0.25) is 0 Å². The van der Waals surface area contributed by atoms with Crippen LogP contribution in [0.4, 0.5) is 15.8 Å².